The first-order chi connectivity index (χ1) is 8.76. The van der Waals surface area contributed by atoms with Crippen molar-refractivity contribution in [2.75, 3.05) is 0 Å². The van der Waals surface area contributed by atoms with Crippen LogP contribution in [-0.4, -0.2) is 31.2 Å². The lowest BCUT2D eigenvalue weighted by atomic mass is 9.91. The highest BCUT2D eigenvalue weighted by Crippen LogP contribution is 2.70. The van der Waals surface area contributed by atoms with Gasteiger partial charge in [0.25, 0.3) is 0 Å². The Kier molecular flexibility index (Phi) is 1.60. The molecule has 18 heavy (non-hydrogen) atoms. The average molecular weight is 242 g/mol. The minimum Gasteiger partial charge on any atom is -0.481 e. The Balaban J connectivity index is 1.87. The number of H-pyrrole nitrogens is 1. The Hall–Kier alpha value is -2.24. The maximum Gasteiger partial charge on any atom is 0.316 e. The Bertz CT molecular complexity index is 639. The van der Waals surface area contributed by atoms with Crippen molar-refractivity contribution < 1.29 is 9.90 Å². The average Bonchev–Trinajstić information content (AvgIpc) is 2.70. The van der Waals surface area contributed by atoms with Crippen LogP contribution in [0.3, 0.4) is 0 Å². The van der Waals surface area contributed by atoms with E-state index in [4.69, 9.17) is 0 Å². The third-order valence-electron chi connectivity index (χ3n) is 4.21. The molecule has 0 bridgehead atoms. The minimum absolute atomic E-state index is 0.0378. The molecule has 90 valence electrons. The molecular weight excluding hydrogens is 232 g/mol. The Morgan fingerprint density at radius 1 is 1.44 bits per heavy atom. The monoisotopic (exact) mass is 242 g/mol. The van der Waals surface area contributed by atoms with Gasteiger partial charge in [-0.3, -0.25) is 19.9 Å². The van der Waals surface area contributed by atoms with Crippen molar-refractivity contribution in [2.24, 2.45) is 5.92 Å². The first-order valence-electron chi connectivity index (χ1n) is 5.78. The van der Waals surface area contributed by atoms with E-state index in [1.807, 2.05) is 0 Å². The molecule has 3 atom stereocenters. The van der Waals surface area contributed by atoms with E-state index in [1.54, 1.807) is 24.8 Å². The van der Waals surface area contributed by atoms with Gasteiger partial charge in [0.2, 0.25) is 0 Å². The highest BCUT2D eigenvalue weighted by molar-refractivity contribution is 5.89. The number of aromatic amines is 1. The summed E-state index contributed by atoms with van der Waals surface area (Å²) in [5, 5.41) is 16.5. The molecule has 1 fully saturated rings. The third-order valence-corrected chi connectivity index (χ3v) is 4.21. The molecular formula is C12H10N4O2. The molecule has 0 spiro atoms. The van der Waals surface area contributed by atoms with Gasteiger partial charge < -0.3 is 5.11 Å². The van der Waals surface area contributed by atoms with Gasteiger partial charge in [0.05, 0.1) is 11.9 Å². The molecule has 6 heteroatoms. The highest BCUT2D eigenvalue weighted by atomic mass is 16.4. The van der Waals surface area contributed by atoms with Crippen LogP contribution in [-0.2, 0) is 16.6 Å². The van der Waals surface area contributed by atoms with Crippen molar-refractivity contribution in [1.82, 2.24) is 20.2 Å². The van der Waals surface area contributed by atoms with E-state index in [0.29, 0.717) is 5.69 Å². The number of carboxylic acids is 1. The molecule has 0 saturated heterocycles. The molecule has 6 nitrogen and oxygen atoms in total. The van der Waals surface area contributed by atoms with Crippen molar-refractivity contribution in [3.63, 3.8) is 0 Å². The van der Waals surface area contributed by atoms with Crippen LogP contribution in [0.25, 0.3) is 0 Å². The molecule has 4 rings (SSSR count). The summed E-state index contributed by atoms with van der Waals surface area (Å²) in [6.45, 7) is 0. The quantitative estimate of drug-likeness (QED) is 0.799. The standard InChI is InChI=1S/C12H10N4O2/c17-11(18)12(8-5-13-1-2-14-8)7-3-6-4-15-16-10(6)9(7)12/h1-2,4-5,7,9H,3H2,(H,15,16)(H,17,18)/t7-,9+,12?/m0/s1. The summed E-state index contributed by atoms with van der Waals surface area (Å²) in [6.07, 6.45) is 7.19. The fourth-order valence-electron chi connectivity index (χ4n) is 3.42. The summed E-state index contributed by atoms with van der Waals surface area (Å²) in [4.78, 5) is 19.9. The number of fused-ring (bicyclic) bond motifs is 3. The van der Waals surface area contributed by atoms with Crippen molar-refractivity contribution >= 4 is 5.97 Å². The smallest absolute Gasteiger partial charge is 0.316 e. The number of nitrogens with one attached hydrogen (secondary N) is 1. The molecule has 0 radical (unpaired) electrons. The molecule has 2 heterocycles. The van der Waals surface area contributed by atoms with Crippen molar-refractivity contribution in [1.29, 1.82) is 0 Å². The minimum atomic E-state index is -0.909. The number of aliphatic carboxylic acids is 1. The van der Waals surface area contributed by atoms with E-state index in [1.165, 1.54) is 0 Å². The fourth-order valence-corrected chi connectivity index (χ4v) is 3.42. The fraction of sp³-hybridized carbons (Fsp3) is 0.333. The second-order valence-electron chi connectivity index (χ2n) is 4.86. The topological polar surface area (TPSA) is 91.8 Å². The number of hydrogen-bond acceptors (Lipinski definition) is 4. The number of rotatable bonds is 2. The van der Waals surface area contributed by atoms with Crippen LogP contribution in [0.1, 0.15) is 22.9 Å². The van der Waals surface area contributed by atoms with Gasteiger partial charge in [0.1, 0.15) is 5.41 Å². The number of carboxylic acid groups (broad SMARTS) is 1. The molecule has 1 unspecified atom stereocenters. The summed E-state index contributed by atoms with van der Waals surface area (Å²) >= 11 is 0. The van der Waals surface area contributed by atoms with E-state index in [-0.39, 0.29) is 11.8 Å². The number of nitrogens with zero attached hydrogens (tertiary/aromatic N) is 3. The molecule has 0 aromatic carbocycles. The zero-order valence-corrected chi connectivity index (χ0v) is 9.37. The van der Waals surface area contributed by atoms with Crippen LogP contribution in [0, 0.1) is 5.92 Å². The van der Waals surface area contributed by atoms with E-state index < -0.39 is 11.4 Å². The summed E-state index contributed by atoms with van der Waals surface area (Å²) < 4.78 is 0. The van der Waals surface area contributed by atoms with Gasteiger partial charge in [0.15, 0.2) is 0 Å². The molecule has 2 N–H and O–H groups in total. The predicted octanol–water partition coefficient (Wildman–Crippen LogP) is 0.492. The first-order valence-corrected chi connectivity index (χ1v) is 5.78. The number of hydrogen-bond donors (Lipinski definition) is 2. The lowest BCUT2D eigenvalue weighted by Crippen LogP contribution is -2.27. The zero-order valence-electron chi connectivity index (χ0n) is 9.37. The SMILES string of the molecule is O=C(O)C1(c2cnccn2)[C@H]2Cc3cn[nH]c3[C@@H]21. The zero-order chi connectivity index (χ0) is 12.3. The normalized spacial score (nSPS) is 31.8. The van der Waals surface area contributed by atoms with Crippen LogP contribution in [0.15, 0.2) is 24.8 Å². The predicted molar refractivity (Wildman–Crippen MR) is 59.9 cm³/mol. The van der Waals surface area contributed by atoms with E-state index in [0.717, 1.165) is 17.7 Å². The van der Waals surface area contributed by atoms with Gasteiger partial charge in [-0.15, -0.1) is 0 Å². The maximum absolute atomic E-state index is 11.7. The lowest BCUT2D eigenvalue weighted by Gasteiger charge is -2.14. The number of aromatic nitrogens is 4. The Labute approximate surface area is 102 Å². The van der Waals surface area contributed by atoms with Gasteiger partial charge in [-0.25, -0.2) is 0 Å². The molecule has 2 aliphatic rings. The van der Waals surface area contributed by atoms with Crippen LogP contribution >= 0.6 is 0 Å². The van der Waals surface area contributed by atoms with Crippen molar-refractivity contribution in [2.45, 2.75) is 17.8 Å². The molecule has 0 amide bonds. The number of carbonyl (C=O) groups is 1. The van der Waals surface area contributed by atoms with Gasteiger partial charge >= 0.3 is 5.97 Å². The molecule has 2 aromatic heterocycles. The molecule has 2 aromatic rings. The van der Waals surface area contributed by atoms with E-state index in [2.05, 4.69) is 20.2 Å². The molecule has 0 aliphatic heterocycles. The summed E-state index contributed by atoms with van der Waals surface area (Å²) in [6, 6.07) is 0. The maximum atomic E-state index is 11.7. The van der Waals surface area contributed by atoms with Crippen LogP contribution in [0.4, 0.5) is 0 Å². The highest BCUT2D eigenvalue weighted by Gasteiger charge is 2.75. The van der Waals surface area contributed by atoms with Gasteiger partial charge in [-0.05, 0) is 17.9 Å². The van der Waals surface area contributed by atoms with Gasteiger partial charge in [-0.1, -0.05) is 0 Å². The van der Waals surface area contributed by atoms with E-state index in [9.17, 15) is 9.90 Å². The van der Waals surface area contributed by atoms with Gasteiger partial charge in [-0.2, -0.15) is 5.10 Å². The second-order valence-corrected chi connectivity index (χ2v) is 4.86. The van der Waals surface area contributed by atoms with Crippen LogP contribution in [0.2, 0.25) is 0 Å². The summed E-state index contributed by atoms with van der Waals surface area (Å²) in [7, 11) is 0. The summed E-state index contributed by atoms with van der Waals surface area (Å²) in [5.74, 6) is -0.779. The first kappa shape index (κ1) is 9.76. The Morgan fingerprint density at radius 3 is 3.06 bits per heavy atom. The van der Waals surface area contributed by atoms with Gasteiger partial charge in [0, 0.05) is 30.2 Å². The van der Waals surface area contributed by atoms with Crippen molar-refractivity contribution in [3.8, 4) is 0 Å². The van der Waals surface area contributed by atoms with Crippen LogP contribution in [0.5, 0.6) is 0 Å². The summed E-state index contributed by atoms with van der Waals surface area (Å²) in [5.41, 5.74) is 1.72. The van der Waals surface area contributed by atoms with Crippen LogP contribution < -0.4 is 0 Å². The molecule has 1 saturated carbocycles. The van der Waals surface area contributed by atoms with Crippen molar-refractivity contribution in [3.05, 3.63) is 41.7 Å². The lowest BCUT2D eigenvalue weighted by molar-refractivity contribution is -0.140. The third kappa shape index (κ3) is 0.905. The molecule has 2 aliphatic carbocycles. The second kappa shape index (κ2) is 2.95. The van der Waals surface area contributed by atoms with E-state index >= 15 is 0 Å². The largest absolute Gasteiger partial charge is 0.481 e. The Morgan fingerprint density at radius 2 is 2.33 bits per heavy atom.